The van der Waals surface area contributed by atoms with E-state index in [9.17, 15) is 8.42 Å². The van der Waals surface area contributed by atoms with Crippen LogP contribution in [-0.2, 0) is 10.2 Å². The molecule has 86 valence electrons. The van der Waals surface area contributed by atoms with E-state index in [0.717, 1.165) is 0 Å². The molecule has 6 heteroatoms. The smallest absolute Gasteiger partial charge is 0.277 e. The van der Waals surface area contributed by atoms with Crippen LogP contribution in [0.5, 0.6) is 0 Å². The van der Waals surface area contributed by atoms with Crippen LogP contribution in [0.1, 0.15) is 27.2 Å². The van der Waals surface area contributed by atoms with Crippen LogP contribution in [0, 0.1) is 5.92 Å². The third-order valence-electron chi connectivity index (χ3n) is 1.63. The molecule has 0 saturated carbocycles. The molecule has 0 spiro atoms. The van der Waals surface area contributed by atoms with Crippen LogP contribution in [0.15, 0.2) is 0 Å². The molecule has 0 aliphatic rings. The SMILES string of the molecule is CCNS(=O)(=O)NC(CO)CC(C)C. The molecule has 0 aliphatic carbocycles. The Kier molecular flexibility index (Phi) is 6.26. The summed E-state index contributed by atoms with van der Waals surface area (Å²) >= 11 is 0. The summed E-state index contributed by atoms with van der Waals surface area (Å²) in [4.78, 5) is 0. The molecule has 5 nitrogen and oxygen atoms in total. The average Bonchev–Trinajstić information content (AvgIpc) is 2.01. The number of nitrogens with one attached hydrogen (secondary N) is 2. The van der Waals surface area contributed by atoms with Gasteiger partial charge in [0, 0.05) is 12.6 Å². The second kappa shape index (κ2) is 6.34. The summed E-state index contributed by atoms with van der Waals surface area (Å²) in [7, 11) is -3.45. The minimum absolute atomic E-state index is 0.178. The Bertz CT molecular complexity index is 239. The number of aliphatic hydroxyl groups is 1. The molecule has 3 N–H and O–H groups in total. The zero-order valence-corrected chi connectivity index (χ0v) is 9.76. The summed E-state index contributed by atoms with van der Waals surface area (Å²) < 4.78 is 27.2. The van der Waals surface area contributed by atoms with Crippen LogP contribution in [0.3, 0.4) is 0 Å². The van der Waals surface area contributed by atoms with Crippen molar-refractivity contribution in [3.8, 4) is 0 Å². The highest BCUT2D eigenvalue weighted by Gasteiger charge is 2.16. The Hall–Kier alpha value is -0.170. The van der Waals surface area contributed by atoms with Crippen LogP contribution >= 0.6 is 0 Å². The first kappa shape index (κ1) is 13.8. The van der Waals surface area contributed by atoms with E-state index in [-0.39, 0.29) is 6.61 Å². The third kappa shape index (κ3) is 6.31. The molecule has 0 aliphatic heterocycles. The molecule has 0 heterocycles. The van der Waals surface area contributed by atoms with Gasteiger partial charge in [0.1, 0.15) is 0 Å². The normalized spacial score (nSPS) is 14.6. The van der Waals surface area contributed by atoms with Gasteiger partial charge in [-0.15, -0.1) is 0 Å². The maximum absolute atomic E-state index is 11.2. The van der Waals surface area contributed by atoms with Crippen LogP contribution in [0.2, 0.25) is 0 Å². The van der Waals surface area contributed by atoms with E-state index in [1.54, 1.807) is 6.92 Å². The lowest BCUT2D eigenvalue weighted by Gasteiger charge is -2.18. The van der Waals surface area contributed by atoms with E-state index >= 15 is 0 Å². The first-order valence-corrected chi connectivity index (χ1v) is 6.27. The molecule has 0 radical (unpaired) electrons. The molecule has 14 heavy (non-hydrogen) atoms. The summed E-state index contributed by atoms with van der Waals surface area (Å²) in [6.07, 6.45) is 0.626. The molecule has 0 aromatic heterocycles. The van der Waals surface area contributed by atoms with Crippen molar-refractivity contribution in [3.05, 3.63) is 0 Å². The predicted octanol–water partition coefficient (Wildman–Crippen LogP) is -0.163. The molecule has 0 fully saturated rings. The van der Waals surface area contributed by atoms with Gasteiger partial charge in [0.05, 0.1) is 6.61 Å². The summed E-state index contributed by atoms with van der Waals surface area (Å²) in [5.41, 5.74) is 0. The number of hydrogen-bond donors (Lipinski definition) is 3. The van der Waals surface area contributed by atoms with Gasteiger partial charge in [-0.25, -0.2) is 4.72 Å². The van der Waals surface area contributed by atoms with E-state index in [1.165, 1.54) is 0 Å². The maximum atomic E-state index is 11.2. The number of hydrogen-bond acceptors (Lipinski definition) is 3. The highest BCUT2D eigenvalue weighted by atomic mass is 32.2. The second-order valence-electron chi connectivity index (χ2n) is 3.63. The number of aliphatic hydroxyl groups excluding tert-OH is 1. The first-order valence-electron chi connectivity index (χ1n) is 4.79. The zero-order valence-electron chi connectivity index (χ0n) is 8.95. The lowest BCUT2D eigenvalue weighted by molar-refractivity contribution is 0.239. The summed E-state index contributed by atoms with van der Waals surface area (Å²) in [5, 5.41) is 8.95. The first-order chi connectivity index (χ1) is 6.41. The van der Waals surface area contributed by atoms with Crippen molar-refractivity contribution < 1.29 is 13.5 Å². The minimum atomic E-state index is -3.45. The summed E-state index contributed by atoms with van der Waals surface area (Å²) in [5.74, 6) is 0.344. The van der Waals surface area contributed by atoms with Crippen molar-refractivity contribution in [3.63, 3.8) is 0 Å². The zero-order chi connectivity index (χ0) is 11.2. The highest BCUT2D eigenvalue weighted by Crippen LogP contribution is 2.04. The van der Waals surface area contributed by atoms with Gasteiger partial charge < -0.3 is 5.11 Å². The second-order valence-corrected chi connectivity index (χ2v) is 5.16. The van der Waals surface area contributed by atoms with Crippen LogP contribution in [-0.4, -0.2) is 32.7 Å². The molecular formula is C8H20N2O3S. The molecule has 1 atom stereocenters. The molecular weight excluding hydrogens is 204 g/mol. The summed E-state index contributed by atoms with van der Waals surface area (Å²) in [6, 6.07) is -0.404. The van der Waals surface area contributed by atoms with E-state index in [2.05, 4.69) is 9.44 Å². The highest BCUT2D eigenvalue weighted by molar-refractivity contribution is 7.87. The molecule has 1 unspecified atom stereocenters. The van der Waals surface area contributed by atoms with Crippen LogP contribution in [0.25, 0.3) is 0 Å². The minimum Gasteiger partial charge on any atom is -0.395 e. The van der Waals surface area contributed by atoms with E-state index < -0.39 is 16.3 Å². The van der Waals surface area contributed by atoms with Gasteiger partial charge in [-0.05, 0) is 12.3 Å². The van der Waals surface area contributed by atoms with Crippen molar-refractivity contribution in [2.75, 3.05) is 13.2 Å². The van der Waals surface area contributed by atoms with Crippen LogP contribution in [0.4, 0.5) is 0 Å². The Morgan fingerprint density at radius 2 is 1.93 bits per heavy atom. The fraction of sp³-hybridized carbons (Fsp3) is 1.00. The monoisotopic (exact) mass is 224 g/mol. The van der Waals surface area contributed by atoms with Crippen molar-refractivity contribution in [2.24, 2.45) is 5.92 Å². The van der Waals surface area contributed by atoms with Gasteiger partial charge in [-0.3, -0.25) is 0 Å². The fourth-order valence-corrected chi connectivity index (χ4v) is 2.25. The predicted molar refractivity (Wildman–Crippen MR) is 56.1 cm³/mol. The van der Waals surface area contributed by atoms with Gasteiger partial charge in [0.15, 0.2) is 0 Å². The molecule has 0 aromatic carbocycles. The third-order valence-corrected chi connectivity index (χ3v) is 2.94. The van der Waals surface area contributed by atoms with E-state index in [0.29, 0.717) is 18.9 Å². The topological polar surface area (TPSA) is 78.4 Å². The van der Waals surface area contributed by atoms with Gasteiger partial charge in [0.25, 0.3) is 10.2 Å². The molecule has 0 saturated heterocycles. The van der Waals surface area contributed by atoms with Gasteiger partial charge in [-0.1, -0.05) is 20.8 Å². The standard InChI is InChI=1S/C8H20N2O3S/c1-4-9-14(12,13)10-8(6-11)5-7(2)3/h7-11H,4-6H2,1-3H3. The Balaban J connectivity index is 4.17. The van der Waals surface area contributed by atoms with Crippen molar-refractivity contribution in [1.82, 2.24) is 9.44 Å². The summed E-state index contributed by atoms with van der Waals surface area (Å²) in [6.45, 7) is 5.82. The molecule has 0 amide bonds. The Labute approximate surface area is 86.1 Å². The van der Waals surface area contributed by atoms with Crippen molar-refractivity contribution in [2.45, 2.75) is 33.2 Å². The Morgan fingerprint density at radius 3 is 2.29 bits per heavy atom. The lowest BCUT2D eigenvalue weighted by atomic mass is 10.1. The maximum Gasteiger partial charge on any atom is 0.277 e. The van der Waals surface area contributed by atoms with Crippen molar-refractivity contribution in [1.29, 1.82) is 0 Å². The fourth-order valence-electron chi connectivity index (χ4n) is 1.18. The molecule has 0 rings (SSSR count). The van der Waals surface area contributed by atoms with E-state index in [4.69, 9.17) is 5.11 Å². The van der Waals surface area contributed by atoms with Crippen LogP contribution < -0.4 is 9.44 Å². The van der Waals surface area contributed by atoms with Gasteiger partial charge >= 0.3 is 0 Å². The average molecular weight is 224 g/mol. The van der Waals surface area contributed by atoms with Crippen molar-refractivity contribution >= 4 is 10.2 Å². The van der Waals surface area contributed by atoms with Gasteiger partial charge in [0.2, 0.25) is 0 Å². The quantitative estimate of drug-likeness (QED) is 0.562. The largest absolute Gasteiger partial charge is 0.395 e. The van der Waals surface area contributed by atoms with E-state index in [1.807, 2.05) is 13.8 Å². The number of rotatable bonds is 7. The molecule has 0 bridgehead atoms. The molecule has 0 aromatic rings. The lowest BCUT2D eigenvalue weighted by Crippen LogP contribution is -2.44. The van der Waals surface area contributed by atoms with Gasteiger partial charge in [-0.2, -0.15) is 13.1 Å². The Morgan fingerprint density at radius 1 is 1.36 bits per heavy atom.